The number of rotatable bonds is 3. The maximum absolute atomic E-state index is 12.3. The molecule has 0 aliphatic carbocycles. The van der Waals surface area contributed by atoms with Gasteiger partial charge in [-0.2, -0.15) is 0 Å². The normalized spacial score (nSPS) is 12.3. The van der Waals surface area contributed by atoms with Crippen molar-refractivity contribution in [1.82, 2.24) is 0 Å². The molecule has 0 fully saturated rings. The van der Waals surface area contributed by atoms with E-state index in [4.69, 9.17) is 5.73 Å². The standard InChI is InChI=1S/C14H14BrNOS/c1-10-5-4-8-13(14(10)16)18(17)9-11-6-2-3-7-12(11)15/h2-8H,9,16H2,1H3. The fourth-order valence-corrected chi connectivity index (χ4v) is 3.62. The monoisotopic (exact) mass is 323 g/mol. The van der Waals surface area contributed by atoms with Gasteiger partial charge in [-0.1, -0.05) is 46.3 Å². The molecule has 2 nitrogen and oxygen atoms in total. The Morgan fingerprint density at radius 2 is 1.89 bits per heavy atom. The van der Waals surface area contributed by atoms with Crippen molar-refractivity contribution in [1.29, 1.82) is 0 Å². The van der Waals surface area contributed by atoms with Gasteiger partial charge < -0.3 is 5.73 Å². The maximum atomic E-state index is 12.3. The first-order valence-electron chi connectivity index (χ1n) is 5.56. The Labute approximate surface area is 118 Å². The van der Waals surface area contributed by atoms with E-state index in [1.807, 2.05) is 49.4 Å². The van der Waals surface area contributed by atoms with Gasteiger partial charge in [0.2, 0.25) is 0 Å². The average molecular weight is 324 g/mol. The van der Waals surface area contributed by atoms with Gasteiger partial charge in [-0.05, 0) is 30.2 Å². The van der Waals surface area contributed by atoms with E-state index in [9.17, 15) is 4.21 Å². The van der Waals surface area contributed by atoms with Gasteiger partial charge in [-0.3, -0.25) is 4.21 Å². The molecule has 0 aliphatic heterocycles. The predicted octanol–water partition coefficient (Wildman–Crippen LogP) is 3.65. The van der Waals surface area contributed by atoms with Gasteiger partial charge >= 0.3 is 0 Å². The van der Waals surface area contributed by atoms with Gasteiger partial charge in [-0.25, -0.2) is 0 Å². The fourth-order valence-electron chi connectivity index (χ4n) is 1.69. The van der Waals surface area contributed by atoms with E-state index in [1.54, 1.807) is 0 Å². The molecular weight excluding hydrogens is 310 g/mol. The molecule has 0 bridgehead atoms. The van der Waals surface area contributed by atoms with Gasteiger partial charge in [0.05, 0.1) is 27.1 Å². The molecule has 2 aromatic carbocycles. The zero-order chi connectivity index (χ0) is 13.1. The molecule has 4 heteroatoms. The van der Waals surface area contributed by atoms with Gasteiger partial charge in [-0.15, -0.1) is 0 Å². The summed E-state index contributed by atoms with van der Waals surface area (Å²) in [5, 5.41) is 0. The molecule has 1 atom stereocenters. The predicted molar refractivity (Wildman–Crippen MR) is 79.8 cm³/mol. The topological polar surface area (TPSA) is 43.1 Å². The minimum atomic E-state index is -1.12. The number of anilines is 1. The Balaban J connectivity index is 2.28. The fraction of sp³-hybridized carbons (Fsp3) is 0.143. The Hall–Kier alpha value is -1.13. The van der Waals surface area contributed by atoms with E-state index in [2.05, 4.69) is 15.9 Å². The molecule has 0 radical (unpaired) electrons. The molecule has 2 rings (SSSR count). The van der Waals surface area contributed by atoms with Crippen LogP contribution in [0.4, 0.5) is 5.69 Å². The van der Waals surface area contributed by atoms with Crippen LogP contribution < -0.4 is 5.73 Å². The summed E-state index contributed by atoms with van der Waals surface area (Å²) in [7, 11) is -1.12. The van der Waals surface area contributed by atoms with Crippen molar-refractivity contribution in [2.45, 2.75) is 17.6 Å². The Kier molecular flexibility index (Phi) is 4.19. The van der Waals surface area contributed by atoms with E-state index in [0.29, 0.717) is 16.3 Å². The molecule has 0 spiro atoms. The van der Waals surface area contributed by atoms with Crippen LogP contribution in [0.3, 0.4) is 0 Å². The van der Waals surface area contributed by atoms with Crippen LogP contribution in [-0.4, -0.2) is 4.21 Å². The number of hydrogen-bond donors (Lipinski definition) is 1. The number of halogens is 1. The highest BCUT2D eigenvalue weighted by molar-refractivity contribution is 9.10. The number of aryl methyl sites for hydroxylation is 1. The van der Waals surface area contributed by atoms with Crippen molar-refractivity contribution in [3.05, 3.63) is 58.1 Å². The van der Waals surface area contributed by atoms with Crippen molar-refractivity contribution in [3.63, 3.8) is 0 Å². The lowest BCUT2D eigenvalue weighted by molar-refractivity contribution is 0.683. The molecule has 94 valence electrons. The SMILES string of the molecule is Cc1cccc(S(=O)Cc2ccccc2Br)c1N. The summed E-state index contributed by atoms with van der Waals surface area (Å²) < 4.78 is 13.3. The quantitative estimate of drug-likeness (QED) is 0.876. The van der Waals surface area contributed by atoms with E-state index in [-0.39, 0.29) is 0 Å². The van der Waals surface area contributed by atoms with Crippen molar-refractivity contribution in [3.8, 4) is 0 Å². The number of benzene rings is 2. The molecule has 0 saturated heterocycles. The Bertz CT molecular complexity index is 598. The molecule has 2 aromatic rings. The third-order valence-corrected chi connectivity index (χ3v) is 4.97. The van der Waals surface area contributed by atoms with E-state index in [0.717, 1.165) is 15.6 Å². The summed E-state index contributed by atoms with van der Waals surface area (Å²) in [6, 6.07) is 13.4. The first kappa shape index (κ1) is 13.3. The zero-order valence-electron chi connectivity index (χ0n) is 10.0. The molecule has 0 saturated carbocycles. The second-order valence-corrected chi connectivity index (χ2v) is 6.34. The Morgan fingerprint density at radius 3 is 2.61 bits per heavy atom. The summed E-state index contributed by atoms with van der Waals surface area (Å²) >= 11 is 3.46. The smallest absolute Gasteiger partial charge is 0.0623 e. The van der Waals surface area contributed by atoms with Crippen LogP contribution in [0.25, 0.3) is 0 Å². The van der Waals surface area contributed by atoms with Crippen molar-refractivity contribution in [2.75, 3.05) is 5.73 Å². The maximum Gasteiger partial charge on any atom is 0.0623 e. The van der Waals surface area contributed by atoms with Crippen molar-refractivity contribution >= 4 is 32.4 Å². The van der Waals surface area contributed by atoms with Crippen molar-refractivity contribution < 1.29 is 4.21 Å². The number of para-hydroxylation sites is 1. The third-order valence-electron chi connectivity index (χ3n) is 2.77. The molecule has 0 aromatic heterocycles. The number of hydrogen-bond acceptors (Lipinski definition) is 2. The van der Waals surface area contributed by atoms with Crippen LogP contribution in [0.1, 0.15) is 11.1 Å². The summed E-state index contributed by atoms with van der Waals surface area (Å²) in [5.41, 5.74) is 8.59. The highest BCUT2D eigenvalue weighted by Gasteiger charge is 2.11. The van der Waals surface area contributed by atoms with Crippen LogP contribution in [0.5, 0.6) is 0 Å². The van der Waals surface area contributed by atoms with Gasteiger partial charge in [0.25, 0.3) is 0 Å². The largest absolute Gasteiger partial charge is 0.398 e. The number of nitrogen functional groups attached to an aromatic ring is 1. The zero-order valence-corrected chi connectivity index (χ0v) is 12.4. The van der Waals surface area contributed by atoms with Crippen LogP contribution >= 0.6 is 15.9 Å². The molecule has 1 unspecified atom stereocenters. The lowest BCUT2D eigenvalue weighted by atomic mass is 10.2. The molecule has 2 N–H and O–H groups in total. The van der Waals surface area contributed by atoms with Crippen LogP contribution in [-0.2, 0) is 16.6 Å². The minimum Gasteiger partial charge on any atom is -0.398 e. The minimum absolute atomic E-state index is 0.467. The Morgan fingerprint density at radius 1 is 1.17 bits per heavy atom. The summed E-state index contributed by atoms with van der Waals surface area (Å²) in [6.45, 7) is 1.93. The van der Waals surface area contributed by atoms with Crippen LogP contribution in [0, 0.1) is 6.92 Å². The second-order valence-electron chi connectivity index (χ2n) is 4.07. The molecule has 0 aliphatic rings. The first-order chi connectivity index (χ1) is 8.59. The van der Waals surface area contributed by atoms with Gasteiger partial charge in [0, 0.05) is 4.47 Å². The molecule has 18 heavy (non-hydrogen) atoms. The average Bonchev–Trinajstić information content (AvgIpc) is 2.35. The van der Waals surface area contributed by atoms with E-state index in [1.165, 1.54) is 0 Å². The van der Waals surface area contributed by atoms with Crippen LogP contribution in [0.2, 0.25) is 0 Å². The van der Waals surface area contributed by atoms with Crippen LogP contribution in [0.15, 0.2) is 51.8 Å². The summed E-state index contributed by atoms with van der Waals surface area (Å²) in [6.07, 6.45) is 0. The molecule has 0 amide bonds. The lowest BCUT2D eigenvalue weighted by Crippen LogP contribution is -2.02. The van der Waals surface area contributed by atoms with E-state index >= 15 is 0 Å². The van der Waals surface area contributed by atoms with Crippen molar-refractivity contribution in [2.24, 2.45) is 0 Å². The second kappa shape index (κ2) is 5.67. The highest BCUT2D eigenvalue weighted by Crippen LogP contribution is 2.24. The molecule has 0 heterocycles. The first-order valence-corrected chi connectivity index (χ1v) is 7.67. The molecular formula is C14H14BrNOS. The van der Waals surface area contributed by atoms with Gasteiger partial charge in [0.1, 0.15) is 0 Å². The number of nitrogens with two attached hydrogens (primary N) is 1. The lowest BCUT2D eigenvalue weighted by Gasteiger charge is -2.09. The summed E-state index contributed by atoms with van der Waals surface area (Å²) in [5.74, 6) is 0.467. The summed E-state index contributed by atoms with van der Waals surface area (Å²) in [4.78, 5) is 0.714. The third kappa shape index (κ3) is 2.82. The van der Waals surface area contributed by atoms with E-state index < -0.39 is 10.8 Å². The van der Waals surface area contributed by atoms with Gasteiger partial charge in [0.15, 0.2) is 0 Å². The highest BCUT2D eigenvalue weighted by atomic mass is 79.9.